The van der Waals surface area contributed by atoms with Crippen molar-refractivity contribution in [1.29, 1.82) is 0 Å². The lowest BCUT2D eigenvalue weighted by atomic mass is 10.2. The van der Waals surface area contributed by atoms with E-state index in [1.54, 1.807) is 20.8 Å². The Balaban J connectivity index is 2.58. The second-order valence-corrected chi connectivity index (χ2v) is 5.62. The monoisotopic (exact) mass is 316 g/mol. The second-order valence-electron chi connectivity index (χ2n) is 5.19. The molecule has 0 aliphatic rings. The summed E-state index contributed by atoms with van der Waals surface area (Å²) in [5, 5.41) is 11.6. The fourth-order valence-corrected chi connectivity index (χ4v) is 1.44. The molecule has 116 valence electrons. The smallest absolute Gasteiger partial charge is 0.408 e. The highest BCUT2D eigenvalue weighted by atomic mass is 35.5. The Kier molecular flexibility index (Phi) is 5.78. The van der Waals surface area contributed by atoms with Gasteiger partial charge in [0.15, 0.2) is 6.04 Å². The van der Waals surface area contributed by atoms with Crippen LogP contribution in [0.3, 0.4) is 0 Å². The average Bonchev–Trinajstić information content (AvgIpc) is 2.32. The Morgan fingerprint density at radius 2 is 2.10 bits per heavy atom. The zero-order valence-electron chi connectivity index (χ0n) is 11.9. The summed E-state index contributed by atoms with van der Waals surface area (Å²) in [4.78, 5) is 26.5. The van der Waals surface area contributed by atoms with Gasteiger partial charge in [0.05, 0.1) is 11.2 Å². The van der Waals surface area contributed by atoms with Crippen LogP contribution in [-0.2, 0) is 9.53 Å². The summed E-state index contributed by atoms with van der Waals surface area (Å²) in [6, 6.07) is 0.236. The molecule has 0 saturated carbocycles. The van der Waals surface area contributed by atoms with E-state index in [9.17, 15) is 9.59 Å². The first-order chi connectivity index (χ1) is 9.67. The van der Waals surface area contributed by atoms with Gasteiger partial charge in [0.1, 0.15) is 18.0 Å². The minimum Gasteiger partial charge on any atom is -0.489 e. The topological polar surface area (TPSA) is 97.8 Å². The molecule has 2 N–H and O–H groups in total. The van der Waals surface area contributed by atoms with E-state index in [0.29, 0.717) is 10.8 Å². The van der Waals surface area contributed by atoms with E-state index in [1.807, 2.05) is 0 Å². The molecule has 1 atom stereocenters. The molecule has 1 rings (SSSR count). The summed E-state index contributed by atoms with van der Waals surface area (Å²) in [5.74, 6) is -0.935. The number of carboxylic acid groups (broad SMARTS) is 1. The standard InChI is InChI=1S/C13H17ClN2O5/c1-13(2,3)21-12(19)16-10(11(17)18)7-20-9-4-8(14)5-15-6-9/h4-6,10H,7H2,1-3H3,(H,16,19)(H,17,18). The molecular formula is C13H17ClN2O5. The molecule has 1 aromatic rings. The van der Waals surface area contributed by atoms with Crippen molar-refractivity contribution in [3.8, 4) is 5.75 Å². The Hall–Kier alpha value is -2.02. The van der Waals surface area contributed by atoms with E-state index >= 15 is 0 Å². The number of rotatable bonds is 5. The third-order valence-corrected chi connectivity index (χ3v) is 2.29. The van der Waals surface area contributed by atoms with Crippen LogP contribution in [0.4, 0.5) is 4.79 Å². The Bertz CT molecular complexity index is 516. The number of pyridine rings is 1. The third kappa shape index (κ3) is 6.80. The molecule has 0 aliphatic carbocycles. The number of carbonyl (C=O) groups excluding carboxylic acids is 1. The molecule has 0 aliphatic heterocycles. The summed E-state index contributed by atoms with van der Waals surface area (Å²) >= 11 is 5.73. The molecule has 1 amide bonds. The van der Waals surface area contributed by atoms with E-state index < -0.39 is 23.7 Å². The fourth-order valence-electron chi connectivity index (χ4n) is 1.28. The Morgan fingerprint density at radius 3 is 2.62 bits per heavy atom. The van der Waals surface area contributed by atoms with Gasteiger partial charge in [0.25, 0.3) is 0 Å². The van der Waals surface area contributed by atoms with Crippen LogP contribution >= 0.6 is 11.6 Å². The van der Waals surface area contributed by atoms with E-state index in [0.717, 1.165) is 0 Å². The van der Waals surface area contributed by atoms with E-state index in [2.05, 4.69) is 10.3 Å². The molecular weight excluding hydrogens is 300 g/mol. The number of alkyl carbamates (subject to hydrolysis) is 1. The van der Waals surface area contributed by atoms with Crippen LogP contribution in [0.2, 0.25) is 5.02 Å². The van der Waals surface area contributed by atoms with Gasteiger partial charge >= 0.3 is 12.1 Å². The van der Waals surface area contributed by atoms with Gasteiger partial charge in [-0.25, -0.2) is 9.59 Å². The molecule has 0 radical (unpaired) electrons. The van der Waals surface area contributed by atoms with Gasteiger partial charge in [-0.1, -0.05) is 11.6 Å². The molecule has 7 nitrogen and oxygen atoms in total. The Labute approximate surface area is 127 Å². The lowest BCUT2D eigenvalue weighted by Gasteiger charge is -2.22. The van der Waals surface area contributed by atoms with Crippen LogP contribution in [-0.4, -0.2) is 40.4 Å². The molecule has 1 aromatic heterocycles. The fraction of sp³-hybridized carbons (Fsp3) is 0.462. The number of hydrogen-bond donors (Lipinski definition) is 2. The number of carbonyl (C=O) groups is 2. The van der Waals surface area contributed by atoms with Gasteiger partial charge in [-0.3, -0.25) is 4.98 Å². The van der Waals surface area contributed by atoms with Crippen LogP contribution < -0.4 is 10.1 Å². The van der Waals surface area contributed by atoms with Crippen LogP contribution in [0.15, 0.2) is 18.5 Å². The zero-order valence-corrected chi connectivity index (χ0v) is 12.7. The van der Waals surface area contributed by atoms with Crippen molar-refractivity contribution in [3.05, 3.63) is 23.5 Å². The van der Waals surface area contributed by atoms with Crippen molar-refractivity contribution in [2.24, 2.45) is 0 Å². The number of ether oxygens (including phenoxy) is 2. The van der Waals surface area contributed by atoms with Crippen molar-refractivity contribution in [2.45, 2.75) is 32.4 Å². The highest BCUT2D eigenvalue weighted by Crippen LogP contribution is 2.15. The molecule has 0 fully saturated rings. The average molecular weight is 317 g/mol. The number of hydrogen-bond acceptors (Lipinski definition) is 5. The molecule has 21 heavy (non-hydrogen) atoms. The summed E-state index contributed by atoms with van der Waals surface area (Å²) in [6.07, 6.45) is 1.98. The molecule has 0 spiro atoms. The van der Waals surface area contributed by atoms with Gasteiger partial charge in [0, 0.05) is 12.3 Å². The summed E-state index contributed by atoms with van der Waals surface area (Å²) < 4.78 is 10.2. The molecule has 0 saturated heterocycles. The second kappa shape index (κ2) is 7.12. The number of aromatic nitrogens is 1. The largest absolute Gasteiger partial charge is 0.489 e. The third-order valence-electron chi connectivity index (χ3n) is 2.09. The van der Waals surface area contributed by atoms with Crippen molar-refractivity contribution in [1.82, 2.24) is 10.3 Å². The first kappa shape index (κ1) is 17.0. The van der Waals surface area contributed by atoms with Crippen molar-refractivity contribution < 1.29 is 24.2 Å². The zero-order chi connectivity index (χ0) is 16.0. The summed E-state index contributed by atoms with van der Waals surface area (Å²) in [7, 11) is 0. The van der Waals surface area contributed by atoms with Crippen molar-refractivity contribution in [2.75, 3.05) is 6.61 Å². The van der Waals surface area contributed by atoms with Gasteiger partial charge < -0.3 is 19.9 Å². The van der Waals surface area contributed by atoms with Gasteiger partial charge in [-0.15, -0.1) is 0 Å². The van der Waals surface area contributed by atoms with Crippen LogP contribution in [0.1, 0.15) is 20.8 Å². The van der Waals surface area contributed by atoms with Crippen LogP contribution in [0.5, 0.6) is 5.75 Å². The summed E-state index contributed by atoms with van der Waals surface area (Å²) in [6.45, 7) is 4.75. The number of carboxylic acids is 1. The highest BCUT2D eigenvalue weighted by molar-refractivity contribution is 6.30. The lowest BCUT2D eigenvalue weighted by Crippen LogP contribution is -2.46. The van der Waals surface area contributed by atoms with Gasteiger partial charge in [0.2, 0.25) is 0 Å². The van der Waals surface area contributed by atoms with Gasteiger partial charge in [-0.05, 0) is 20.8 Å². The predicted octanol–water partition coefficient (Wildman–Crippen LogP) is 2.09. The summed E-state index contributed by atoms with van der Waals surface area (Å²) in [5.41, 5.74) is -0.717. The minimum atomic E-state index is -1.25. The normalized spacial score (nSPS) is 12.4. The number of nitrogens with zero attached hydrogens (tertiary/aromatic N) is 1. The number of nitrogens with one attached hydrogen (secondary N) is 1. The van der Waals surface area contributed by atoms with Crippen molar-refractivity contribution in [3.63, 3.8) is 0 Å². The molecule has 8 heteroatoms. The Morgan fingerprint density at radius 1 is 1.43 bits per heavy atom. The van der Waals surface area contributed by atoms with E-state index in [4.69, 9.17) is 26.2 Å². The van der Waals surface area contributed by atoms with Crippen LogP contribution in [0, 0.1) is 0 Å². The van der Waals surface area contributed by atoms with E-state index in [-0.39, 0.29) is 6.61 Å². The quantitative estimate of drug-likeness (QED) is 0.863. The lowest BCUT2D eigenvalue weighted by molar-refractivity contribution is -0.140. The maximum absolute atomic E-state index is 11.6. The first-order valence-electron chi connectivity index (χ1n) is 6.13. The first-order valence-corrected chi connectivity index (χ1v) is 6.51. The maximum atomic E-state index is 11.6. The molecule has 0 aromatic carbocycles. The SMILES string of the molecule is CC(C)(C)OC(=O)NC(COc1cncc(Cl)c1)C(=O)O. The number of amides is 1. The maximum Gasteiger partial charge on any atom is 0.408 e. The van der Waals surface area contributed by atoms with Gasteiger partial charge in [-0.2, -0.15) is 0 Å². The molecule has 0 bridgehead atoms. The molecule has 1 unspecified atom stereocenters. The minimum absolute atomic E-state index is 0.281. The van der Waals surface area contributed by atoms with E-state index in [1.165, 1.54) is 18.5 Å². The van der Waals surface area contributed by atoms with Crippen molar-refractivity contribution >= 4 is 23.7 Å². The molecule has 1 heterocycles. The predicted molar refractivity (Wildman–Crippen MR) is 75.5 cm³/mol. The number of aliphatic carboxylic acids is 1. The highest BCUT2D eigenvalue weighted by Gasteiger charge is 2.24. The number of halogens is 1. The van der Waals surface area contributed by atoms with Crippen LogP contribution in [0.25, 0.3) is 0 Å².